The molecule has 6 heteroatoms. The monoisotopic (exact) mass is 281 g/mol. The van der Waals surface area contributed by atoms with Crippen LogP contribution < -0.4 is 15.8 Å². The number of carbonyl (C=O) groups excluding carboxylic acids is 1. The van der Waals surface area contributed by atoms with Crippen LogP contribution in [0.1, 0.15) is 12.5 Å². The van der Waals surface area contributed by atoms with Crippen molar-refractivity contribution in [1.82, 2.24) is 5.32 Å². The van der Waals surface area contributed by atoms with E-state index in [1.54, 1.807) is 6.07 Å². The van der Waals surface area contributed by atoms with Gasteiger partial charge < -0.3 is 15.8 Å². The van der Waals surface area contributed by atoms with Crippen molar-refractivity contribution in [3.8, 4) is 11.8 Å². The number of nitriles is 1. The number of nitrogens with one attached hydrogen (secondary N) is 1. The maximum Gasteiger partial charge on any atom is 0.258 e. The van der Waals surface area contributed by atoms with E-state index in [0.29, 0.717) is 17.2 Å². The molecule has 1 aromatic rings. The van der Waals surface area contributed by atoms with E-state index in [1.807, 2.05) is 25.1 Å². The molecular formula is C13H16ClN3O2. The second-order valence-corrected chi connectivity index (χ2v) is 4.54. The Morgan fingerprint density at radius 3 is 3.00 bits per heavy atom. The summed E-state index contributed by atoms with van der Waals surface area (Å²) in [5.74, 6) is 0.0989. The van der Waals surface area contributed by atoms with Crippen molar-refractivity contribution in [3.63, 3.8) is 0 Å². The van der Waals surface area contributed by atoms with Crippen LogP contribution in [0.15, 0.2) is 18.2 Å². The SMILES string of the molecule is CC(N)Cc1cccc(Cl)c1OCC(=O)NCC#N. The van der Waals surface area contributed by atoms with Crippen molar-refractivity contribution in [2.75, 3.05) is 13.2 Å². The molecule has 0 heterocycles. The van der Waals surface area contributed by atoms with E-state index in [9.17, 15) is 4.79 Å². The van der Waals surface area contributed by atoms with E-state index < -0.39 is 0 Å². The molecule has 0 aliphatic heterocycles. The number of para-hydroxylation sites is 1. The molecule has 19 heavy (non-hydrogen) atoms. The molecule has 1 atom stereocenters. The van der Waals surface area contributed by atoms with Gasteiger partial charge in [0.15, 0.2) is 6.61 Å². The number of hydrogen-bond donors (Lipinski definition) is 2. The summed E-state index contributed by atoms with van der Waals surface area (Å²) in [6.07, 6.45) is 0.607. The number of rotatable bonds is 6. The molecule has 102 valence electrons. The Morgan fingerprint density at radius 1 is 1.63 bits per heavy atom. The highest BCUT2D eigenvalue weighted by atomic mass is 35.5. The predicted octanol–water partition coefficient (Wildman–Crippen LogP) is 1.25. The van der Waals surface area contributed by atoms with Gasteiger partial charge in [-0.1, -0.05) is 23.7 Å². The van der Waals surface area contributed by atoms with Gasteiger partial charge in [0.1, 0.15) is 12.3 Å². The van der Waals surface area contributed by atoms with Crippen LogP contribution in [0, 0.1) is 11.3 Å². The lowest BCUT2D eigenvalue weighted by Gasteiger charge is -2.14. The Kier molecular flexibility index (Phi) is 6.13. The zero-order chi connectivity index (χ0) is 14.3. The lowest BCUT2D eigenvalue weighted by Crippen LogP contribution is -2.29. The average Bonchev–Trinajstić information content (AvgIpc) is 2.35. The van der Waals surface area contributed by atoms with Gasteiger partial charge in [-0.05, 0) is 25.0 Å². The molecule has 0 aliphatic rings. The number of hydrogen-bond acceptors (Lipinski definition) is 4. The summed E-state index contributed by atoms with van der Waals surface area (Å²) in [5, 5.41) is 11.2. The number of nitrogens with zero attached hydrogens (tertiary/aromatic N) is 1. The lowest BCUT2D eigenvalue weighted by molar-refractivity contribution is -0.122. The fourth-order valence-corrected chi connectivity index (χ4v) is 1.80. The molecule has 0 saturated carbocycles. The number of amides is 1. The van der Waals surface area contributed by atoms with Gasteiger partial charge in [-0.25, -0.2) is 0 Å². The number of benzene rings is 1. The van der Waals surface area contributed by atoms with Crippen molar-refractivity contribution in [1.29, 1.82) is 5.26 Å². The maximum absolute atomic E-state index is 11.4. The lowest BCUT2D eigenvalue weighted by atomic mass is 10.1. The smallest absolute Gasteiger partial charge is 0.258 e. The van der Waals surface area contributed by atoms with Crippen molar-refractivity contribution in [2.45, 2.75) is 19.4 Å². The first kappa shape index (κ1) is 15.3. The van der Waals surface area contributed by atoms with Gasteiger partial charge >= 0.3 is 0 Å². The van der Waals surface area contributed by atoms with Crippen molar-refractivity contribution in [2.24, 2.45) is 5.73 Å². The molecule has 0 saturated heterocycles. The summed E-state index contributed by atoms with van der Waals surface area (Å²) in [6.45, 7) is 1.65. The molecule has 1 amide bonds. The third-order valence-corrected chi connectivity index (χ3v) is 2.60. The summed E-state index contributed by atoms with van der Waals surface area (Å²) < 4.78 is 5.42. The largest absolute Gasteiger partial charge is 0.482 e. The molecule has 3 N–H and O–H groups in total. The highest BCUT2D eigenvalue weighted by molar-refractivity contribution is 6.32. The van der Waals surface area contributed by atoms with Crippen LogP contribution in [0.25, 0.3) is 0 Å². The van der Waals surface area contributed by atoms with Gasteiger partial charge in [0, 0.05) is 6.04 Å². The first-order chi connectivity index (χ1) is 9.04. The molecule has 1 aromatic carbocycles. The Morgan fingerprint density at radius 2 is 2.37 bits per heavy atom. The van der Waals surface area contributed by atoms with Crippen LogP contribution in [-0.2, 0) is 11.2 Å². The first-order valence-electron chi connectivity index (χ1n) is 5.84. The minimum atomic E-state index is -0.367. The van der Waals surface area contributed by atoms with Crippen LogP contribution in [0.3, 0.4) is 0 Å². The van der Waals surface area contributed by atoms with Gasteiger partial charge in [0.25, 0.3) is 5.91 Å². The average molecular weight is 282 g/mol. The molecule has 0 spiro atoms. The molecule has 0 aromatic heterocycles. The fourth-order valence-electron chi connectivity index (χ4n) is 1.55. The Balaban J connectivity index is 2.71. The topological polar surface area (TPSA) is 88.1 Å². The van der Waals surface area contributed by atoms with Gasteiger partial charge in [-0.15, -0.1) is 0 Å². The summed E-state index contributed by atoms with van der Waals surface area (Å²) in [7, 11) is 0. The molecule has 5 nitrogen and oxygen atoms in total. The molecule has 0 aliphatic carbocycles. The number of ether oxygens (including phenoxy) is 1. The van der Waals surface area contributed by atoms with Crippen LogP contribution in [0.5, 0.6) is 5.75 Å². The zero-order valence-corrected chi connectivity index (χ0v) is 11.4. The molecule has 0 radical (unpaired) electrons. The third-order valence-electron chi connectivity index (χ3n) is 2.30. The fraction of sp³-hybridized carbons (Fsp3) is 0.385. The summed E-state index contributed by atoms with van der Waals surface area (Å²) >= 11 is 6.05. The predicted molar refractivity (Wildman–Crippen MR) is 72.9 cm³/mol. The standard InChI is InChI=1S/C13H16ClN3O2/c1-9(16)7-10-3-2-4-11(14)13(10)19-8-12(18)17-6-5-15/h2-4,9H,6-8,16H2,1H3,(H,17,18). The second-order valence-electron chi connectivity index (χ2n) is 4.13. The van der Waals surface area contributed by atoms with E-state index in [0.717, 1.165) is 5.56 Å². The van der Waals surface area contributed by atoms with Gasteiger partial charge in [-0.2, -0.15) is 5.26 Å². The molecule has 1 rings (SSSR count). The van der Waals surface area contributed by atoms with Crippen LogP contribution in [-0.4, -0.2) is 25.1 Å². The van der Waals surface area contributed by atoms with Gasteiger partial charge in [-0.3, -0.25) is 4.79 Å². The zero-order valence-electron chi connectivity index (χ0n) is 10.6. The summed E-state index contributed by atoms with van der Waals surface area (Å²) in [6, 6.07) is 7.14. The summed E-state index contributed by atoms with van der Waals surface area (Å²) in [5.41, 5.74) is 6.61. The van der Waals surface area contributed by atoms with E-state index >= 15 is 0 Å². The van der Waals surface area contributed by atoms with Crippen LogP contribution >= 0.6 is 11.6 Å². The van der Waals surface area contributed by atoms with E-state index in [-0.39, 0.29) is 25.1 Å². The quantitative estimate of drug-likeness (QED) is 0.768. The highest BCUT2D eigenvalue weighted by Gasteiger charge is 2.11. The maximum atomic E-state index is 11.4. The third kappa shape index (κ3) is 5.16. The molecule has 0 bridgehead atoms. The van der Waals surface area contributed by atoms with Crippen LogP contribution in [0.4, 0.5) is 0 Å². The number of carbonyl (C=O) groups is 1. The minimum absolute atomic E-state index is 0.0340. The van der Waals surface area contributed by atoms with Gasteiger partial charge in [0.2, 0.25) is 0 Å². The number of nitrogens with two attached hydrogens (primary N) is 1. The number of halogens is 1. The van der Waals surface area contributed by atoms with Crippen LogP contribution in [0.2, 0.25) is 5.02 Å². The Hall–Kier alpha value is -1.77. The van der Waals surface area contributed by atoms with Crippen molar-refractivity contribution < 1.29 is 9.53 Å². The molecular weight excluding hydrogens is 266 g/mol. The minimum Gasteiger partial charge on any atom is -0.482 e. The van der Waals surface area contributed by atoms with E-state index in [4.69, 9.17) is 27.3 Å². The van der Waals surface area contributed by atoms with Gasteiger partial charge in [0.05, 0.1) is 11.1 Å². The molecule has 0 fully saturated rings. The van der Waals surface area contributed by atoms with E-state index in [2.05, 4.69) is 5.32 Å². The first-order valence-corrected chi connectivity index (χ1v) is 6.21. The normalized spacial score (nSPS) is 11.5. The Labute approximate surface area is 117 Å². The van der Waals surface area contributed by atoms with Crippen molar-refractivity contribution >= 4 is 17.5 Å². The summed E-state index contributed by atoms with van der Waals surface area (Å²) in [4.78, 5) is 11.4. The Bertz CT molecular complexity index is 483. The highest BCUT2D eigenvalue weighted by Crippen LogP contribution is 2.29. The van der Waals surface area contributed by atoms with E-state index in [1.165, 1.54) is 0 Å². The van der Waals surface area contributed by atoms with Crippen molar-refractivity contribution in [3.05, 3.63) is 28.8 Å². The molecule has 1 unspecified atom stereocenters. The second kappa shape index (κ2) is 7.62.